The third-order valence-electron chi connectivity index (χ3n) is 3.96. The number of halogens is 2. The van der Waals surface area contributed by atoms with Gasteiger partial charge >= 0.3 is 5.97 Å². The Labute approximate surface area is 143 Å². The van der Waals surface area contributed by atoms with Crippen LogP contribution >= 0.6 is 0 Å². The number of benzene rings is 1. The van der Waals surface area contributed by atoms with Gasteiger partial charge in [0.2, 0.25) is 11.2 Å². The standard InChI is InChI=1S/C18H19F2NO4/c1-4-24-18(23)12-8-21(10-5-6-10)15-11(16(12)22)7-13(19)14(20)17(15)25-9(2)3/h7-10H,4-6H2,1-3H3. The van der Waals surface area contributed by atoms with Crippen LogP contribution in [0.3, 0.4) is 0 Å². The molecule has 25 heavy (non-hydrogen) atoms. The van der Waals surface area contributed by atoms with E-state index in [-0.39, 0.29) is 34.9 Å². The molecule has 1 aliphatic rings. The van der Waals surface area contributed by atoms with Crippen LogP contribution in [-0.2, 0) is 4.74 Å². The van der Waals surface area contributed by atoms with Crippen molar-refractivity contribution in [3.8, 4) is 5.75 Å². The molecule has 2 aromatic rings. The number of ether oxygens (including phenoxy) is 2. The number of pyridine rings is 1. The minimum atomic E-state index is -1.19. The number of carbonyl (C=O) groups excluding carboxylic acids is 1. The minimum Gasteiger partial charge on any atom is -0.486 e. The Hall–Kier alpha value is -2.44. The smallest absolute Gasteiger partial charge is 0.343 e. The van der Waals surface area contributed by atoms with E-state index in [9.17, 15) is 18.4 Å². The third-order valence-corrected chi connectivity index (χ3v) is 3.96. The fourth-order valence-corrected chi connectivity index (χ4v) is 2.77. The van der Waals surface area contributed by atoms with Crippen LogP contribution < -0.4 is 10.2 Å². The maximum absolute atomic E-state index is 14.4. The van der Waals surface area contributed by atoms with Crippen LogP contribution in [0.2, 0.25) is 0 Å². The Kier molecular flexibility index (Phi) is 4.49. The van der Waals surface area contributed by atoms with E-state index in [0.717, 1.165) is 18.9 Å². The predicted octanol–water partition coefficient (Wildman–Crippen LogP) is 3.58. The molecular weight excluding hydrogens is 332 g/mol. The normalized spacial score (nSPS) is 14.2. The molecule has 0 N–H and O–H groups in total. The lowest BCUT2D eigenvalue weighted by Crippen LogP contribution is -2.22. The number of carbonyl (C=O) groups is 1. The van der Waals surface area contributed by atoms with Crippen molar-refractivity contribution < 1.29 is 23.0 Å². The van der Waals surface area contributed by atoms with Gasteiger partial charge in [-0.15, -0.1) is 0 Å². The summed E-state index contributed by atoms with van der Waals surface area (Å²) in [5.41, 5.74) is -0.714. The van der Waals surface area contributed by atoms with Crippen LogP contribution in [0, 0.1) is 11.6 Å². The number of nitrogens with zero attached hydrogens (tertiary/aromatic N) is 1. The monoisotopic (exact) mass is 351 g/mol. The van der Waals surface area contributed by atoms with Gasteiger partial charge in [0.25, 0.3) is 0 Å². The first-order valence-electron chi connectivity index (χ1n) is 8.25. The van der Waals surface area contributed by atoms with Gasteiger partial charge in [-0.25, -0.2) is 9.18 Å². The summed E-state index contributed by atoms with van der Waals surface area (Å²) in [5.74, 6) is -3.41. The molecule has 7 heteroatoms. The second-order valence-electron chi connectivity index (χ2n) is 6.30. The van der Waals surface area contributed by atoms with Gasteiger partial charge in [-0.1, -0.05) is 0 Å². The third kappa shape index (κ3) is 3.10. The van der Waals surface area contributed by atoms with Crippen molar-refractivity contribution in [3.63, 3.8) is 0 Å². The molecule has 0 spiro atoms. The van der Waals surface area contributed by atoms with E-state index in [1.807, 2.05) is 0 Å². The number of hydrogen-bond acceptors (Lipinski definition) is 4. The fourth-order valence-electron chi connectivity index (χ4n) is 2.77. The average Bonchev–Trinajstić information content (AvgIpc) is 3.37. The molecule has 1 aliphatic carbocycles. The topological polar surface area (TPSA) is 57.5 Å². The SMILES string of the molecule is CCOC(=O)c1cn(C2CC2)c2c(OC(C)C)c(F)c(F)cc2c1=O. The van der Waals surface area contributed by atoms with E-state index in [2.05, 4.69) is 0 Å². The van der Waals surface area contributed by atoms with Crippen molar-refractivity contribution in [1.82, 2.24) is 4.57 Å². The number of aromatic nitrogens is 1. The number of esters is 1. The largest absolute Gasteiger partial charge is 0.486 e. The summed E-state index contributed by atoms with van der Waals surface area (Å²) in [5, 5.41) is -0.0907. The van der Waals surface area contributed by atoms with Gasteiger partial charge in [0.1, 0.15) is 5.56 Å². The number of rotatable bonds is 5. The summed E-state index contributed by atoms with van der Waals surface area (Å²) in [4.78, 5) is 24.8. The van der Waals surface area contributed by atoms with Crippen LogP contribution in [0.25, 0.3) is 10.9 Å². The highest BCUT2D eigenvalue weighted by molar-refractivity contribution is 5.95. The van der Waals surface area contributed by atoms with Gasteiger partial charge in [0.05, 0.1) is 23.6 Å². The van der Waals surface area contributed by atoms with Crippen LogP contribution in [0.5, 0.6) is 5.75 Å². The molecule has 0 atom stereocenters. The minimum absolute atomic E-state index is 0.00986. The molecule has 1 aromatic carbocycles. The van der Waals surface area contributed by atoms with Gasteiger partial charge in [-0.05, 0) is 39.7 Å². The predicted molar refractivity (Wildman–Crippen MR) is 88.1 cm³/mol. The zero-order valence-corrected chi connectivity index (χ0v) is 14.3. The molecule has 0 saturated heterocycles. The molecule has 3 rings (SSSR count). The van der Waals surface area contributed by atoms with E-state index in [1.54, 1.807) is 25.3 Å². The first-order chi connectivity index (χ1) is 11.8. The number of fused-ring (bicyclic) bond motifs is 1. The van der Waals surface area contributed by atoms with E-state index in [1.165, 1.54) is 6.20 Å². The average molecular weight is 351 g/mol. The lowest BCUT2D eigenvalue weighted by molar-refractivity contribution is 0.0524. The molecule has 0 bridgehead atoms. The van der Waals surface area contributed by atoms with Gasteiger partial charge in [0, 0.05) is 12.2 Å². The summed E-state index contributed by atoms with van der Waals surface area (Å²) in [6, 6.07) is 0.831. The lowest BCUT2D eigenvalue weighted by Gasteiger charge is -2.18. The van der Waals surface area contributed by atoms with Crippen LogP contribution in [0.4, 0.5) is 8.78 Å². The molecule has 0 aliphatic heterocycles. The van der Waals surface area contributed by atoms with E-state index in [0.29, 0.717) is 0 Å². The van der Waals surface area contributed by atoms with E-state index < -0.39 is 29.1 Å². The summed E-state index contributed by atoms with van der Waals surface area (Å²) < 4.78 is 40.4. The molecule has 1 fully saturated rings. The highest BCUT2D eigenvalue weighted by Crippen LogP contribution is 2.40. The molecule has 1 aromatic heterocycles. The molecule has 0 unspecified atom stereocenters. The van der Waals surface area contributed by atoms with Crippen molar-refractivity contribution in [2.75, 3.05) is 6.61 Å². The van der Waals surface area contributed by atoms with Crippen LogP contribution in [-0.4, -0.2) is 23.2 Å². The Morgan fingerprint density at radius 3 is 2.60 bits per heavy atom. The Balaban J connectivity index is 2.37. The Morgan fingerprint density at radius 1 is 1.36 bits per heavy atom. The molecule has 0 amide bonds. The van der Waals surface area contributed by atoms with E-state index in [4.69, 9.17) is 9.47 Å². The molecule has 5 nitrogen and oxygen atoms in total. The Bertz CT molecular complexity index is 900. The summed E-state index contributed by atoms with van der Waals surface area (Å²) in [6.45, 7) is 5.10. The van der Waals surface area contributed by atoms with Crippen molar-refractivity contribution in [2.24, 2.45) is 0 Å². The van der Waals surface area contributed by atoms with Crippen molar-refractivity contribution in [1.29, 1.82) is 0 Å². The lowest BCUT2D eigenvalue weighted by atomic mass is 10.1. The molecule has 0 radical (unpaired) electrons. The van der Waals surface area contributed by atoms with Crippen molar-refractivity contribution in [2.45, 2.75) is 45.8 Å². The van der Waals surface area contributed by atoms with Gasteiger partial charge < -0.3 is 14.0 Å². The van der Waals surface area contributed by atoms with E-state index >= 15 is 0 Å². The zero-order chi connectivity index (χ0) is 18.3. The highest BCUT2D eigenvalue weighted by Gasteiger charge is 2.30. The summed E-state index contributed by atoms with van der Waals surface area (Å²) >= 11 is 0. The maximum Gasteiger partial charge on any atom is 0.343 e. The maximum atomic E-state index is 14.4. The molecule has 1 saturated carbocycles. The highest BCUT2D eigenvalue weighted by atomic mass is 19.2. The van der Waals surface area contributed by atoms with Crippen LogP contribution in [0.15, 0.2) is 17.1 Å². The van der Waals surface area contributed by atoms with Crippen LogP contribution in [0.1, 0.15) is 50.0 Å². The van der Waals surface area contributed by atoms with Gasteiger partial charge in [0.15, 0.2) is 11.6 Å². The zero-order valence-electron chi connectivity index (χ0n) is 14.3. The first-order valence-corrected chi connectivity index (χ1v) is 8.25. The quantitative estimate of drug-likeness (QED) is 0.773. The second kappa shape index (κ2) is 6.46. The molecule has 1 heterocycles. The second-order valence-corrected chi connectivity index (χ2v) is 6.30. The van der Waals surface area contributed by atoms with Gasteiger partial charge in [-0.3, -0.25) is 4.79 Å². The number of hydrogen-bond donors (Lipinski definition) is 0. The molecule has 134 valence electrons. The summed E-state index contributed by atoms with van der Waals surface area (Å²) in [6.07, 6.45) is 2.60. The van der Waals surface area contributed by atoms with Gasteiger partial charge in [-0.2, -0.15) is 4.39 Å². The molecular formula is C18H19F2NO4. The fraction of sp³-hybridized carbons (Fsp3) is 0.444. The van der Waals surface area contributed by atoms with Crippen molar-refractivity contribution in [3.05, 3.63) is 39.7 Å². The van der Waals surface area contributed by atoms with Crippen molar-refractivity contribution >= 4 is 16.9 Å². The Morgan fingerprint density at radius 2 is 2.04 bits per heavy atom. The first kappa shape index (κ1) is 17.4. The summed E-state index contributed by atoms with van der Waals surface area (Å²) in [7, 11) is 0.